The number of carbonyl (C=O) groups is 8. The van der Waals surface area contributed by atoms with Crippen molar-refractivity contribution in [2.45, 2.75) is 129 Å². The summed E-state index contributed by atoms with van der Waals surface area (Å²) in [5.74, 6) is -5.62. The van der Waals surface area contributed by atoms with E-state index >= 15 is 0 Å². The van der Waals surface area contributed by atoms with Crippen molar-refractivity contribution in [2.24, 2.45) is 17.8 Å². The molecule has 3 rings (SSSR count). The van der Waals surface area contributed by atoms with Crippen LogP contribution in [-0.4, -0.2) is 146 Å². The topological polar surface area (TPSA) is 228 Å². The van der Waals surface area contributed by atoms with E-state index in [-0.39, 0.29) is 44.7 Å². The standard InChI is InChI=1S/C39H64N6O12/c1-23(2)25-19-30(46)26(41-35(50)28-13-11-15-44(28)37(52)29-14-12-16-45(29)38(53)57-39(5,6)7)21-55-17-9-10-18-56-22-27(34(49)40-20-31(47)54-8)42-36(51)32(24(3)4)43-33(25)48/h23-29,32H,9-22H2,1-8H3,(H,40,49)(H,41,50)(H,42,51)(H,43,48)/t25-,26-,27-,28-,29-,32-/m0/s1. The molecule has 0 saturated carbocycles. The summed E-state index contributed by atoms with van der Waals surface area (Å²) in [7, 11) is 1.18. The van der Waals surface area contributed by atoms with Crippen LogP contribution in [0.1, 0.15) is 93.4 Å². The van der Waals surface area contributed by atoms with E-state index in [1.165, 1.54) is 16.9 Å². The summed E-state index contributed by atoms with van der Waals surface area (Å²) in [4.78, 5) is 110. The van der Waals surface area contributed by atoms with Crippen molar-refractivity contribution in [3.63, 3.8) is 0 Å². The maximum Gasteiger partial charge on any atom is 0.410 e. The van der Waals surface area contributed by atoms with E-state index in [4.69, 9.17) is 14.2 Å². The lowest BCUT2D eigenvalue weighted by Crippen LogP contribution is -2.58. The van der Waals surface area contributed by atoms with Crippen molar-refractivity contribution in [1.29, 1.82) is 0 Å². The van der Waals surface area contributed by atoms with Crippen LogP contribution < -0.4 is 21.3 Å². The second-order valence-electron chi connectivity index (χ2n) is 16.5. The van der Waals surface area contributed by atoms with Gasteiger partial charge < -0.3 is 45.1 Å². The number of rotatable bonds is 8. The maximum atomic E-state index is 14.0. The molecule has 3 fully saturated rings. The van der Waals surface area contributed by atoms with Crippen LogP contribution in [0, 0.1) is 17.8 Å². The Balaban J connectivity index is 1.79. The maximum absolute atomic E-state index is 14.0. The zero-order valence-corrected chi connectivity index (χ0v) is 34.8. The van der Waals surface area contributed by atoms with Crippen molar-refractivity contribution < 1.29 is 57.3 Å². The minimum absolute atomic E-state index is 0.187. The number of carbonyl (C=O) groups excluding carboxylic acids is 8. The predicted molar refractivity (Wildman–Crippen MR) is 205 cm³/mol. The van der Waals surface area contributed by atoms with Crippen LogP contribution in [0.25, 0.3) is 0 Å². The van der Waals surface area contributed by atoms with Crippen molar-refractivity contribution in [2.75, 3.05) is 53.2 Å². The normalized spacial score (nSPS) is 26.2. The fourth-order valence-corrected chi connectivity index (χ4v) is 6.94. The molecule has 0 unspecified atom stereocenters. The highest BCUT2D eigenvalue weighted by atomic mass is 16.6. The monoisotopic (exact) mass is 808 g/mol. The summed E-state index contributed by atoms with van der Waals surface area (Å²) < 4.78 is 21.7. The van der Waals surface area contributed by atoms with Crippen molar-refractivity contribution in [3.05, 3.63) is 0 Å². The molecule has 0 aromatic heterocycles. The lowest BCUT2D eigenvalue weighted by molar-refractivity contribution is -0.143. The van der Waals surface area contributed by atoms with Gasteiger partial charge in [0.2, 0.25) is 29.5 Å². The molecule has 0 bridgehead atoms. The van der Waals surface area contributed by atoms with Gasteiger partial charge in [-0.3, -0.25) is 38.5 Å². The summed E-state index contributed by atoms with van der Waals surface area (Å²) >= 11 is 0. The van der Waals surface area contributed by atoms with E-state index < -0.39 is 95.7 Å². The van der Waals surface area contributed by atoms with Crippen molar-refractivity contribution >= 4 is 47.4 Å². The second kappa shape index (κ2) is 22.0. The van der Waals surface area contributed by atoms with Gasteiger partial charge >= 0.3 is 12.1 Å². The number of methoxy groups -OCH3 is 1. The Hall–Kier alpha value is -4.32. The number of nitrogens with one attached hydrogen (secondary N) is 4. The van der Waals surface area contributed by atoms with Crippen LogP contribution in [-0.2, 0) is 52.5 Å². The number of hydrogen-bond acceptors (Lipinski definition) is 12. The van der Waals surface area contributed by atoms with Crippen LogP contribution in [0.2, 0.25) is 0 Å². The average Bonchev–Trinajstić information content (AvgIpc) is 3.84. The Morgan fingerprint density at radius 1 is 0.807 bits per heavy atom. The van der Waals surface area contributed by atoms with Crippen molar-refractivity contribution in [3.8, 4) is 0 Å². The highest BCUT2D eigenvalue weighted by molar-refractivity contribution is 5.97. The van der Waals surface area contributed by atoms with Gasteiger partial charge in [0, 0.05) is 38.6 Å². The molecule has 18 nitrogen and oxygen atoms in total. The van der Waals surface area contributed by atoms with Gasteiger partial charge in [0.1, 0.15) is 42.4 Å². The molecule has 3 aliphatic rings. The molecule has 6 atom stereocenters. The SMILES string of the molecule is COC(=O)CNC(=O)[C@@H]1COCCCCOC[C@H](NC(=O)[C@@H]2CCCN2C(=O)[C@@H]2CCCN2C(=O)OC(C)(C)C)C(=O)C[C@@H](C(C)C)C(=O)N[C@@H](C(C)C)C(=O)N1. The number of likely N-dealkylation sites (tertiary alicyclic amines) is 2. The molecule has 3 aliphatic heterocycles. The first-order valence-corrected chi connectivity index (χ1v) is 20.1. The minimum atomic E-state index is -1.18. The Morgan fingerprint density at radius 2 is 1.42 bits per heavy atom. The van der Waals surface area contributed by atoms with Gasteiger partial charge in [-0.05, 0) is 71.1 Å². The molecule has 57 heavy (non-hydrogen) atoms. The summed E-state index contributed by atoms with van der Waals surface area (Å²) in [6, 6.07) is -5.07. The van der Waals surface area contributed by atoms with Gasteiger partial charge in [0.25, 0.3) is 0 Å². The number of amides is 6. The predicted octanol–water partition coefficient (Wildman–Crippen LogP) is 0.835. The number of esters is 1. The lowest BCUT2D eigenvalue weighted by atomic mass is 9.87. The third-order valence-corrected chi connectivity index (χ3v) is 10.2. The molecule has 3 heterocycles. The van der Waals surface area contributed by atoms with Gasteiger partial charge in [0.15, 0.2) is 5.78 Å². The highest BCUT2D eigenvalue weighted by Crippen LogP contribution is 2.27. The zero-order chi connectivity index (χ0) is 42.4. The number of ketones is 1. The van der Waals surface area contributed by atoms with Gasteiger partial charge in [-0.15, -0.1) is 0 Å². The van der Waals surface area contributed by atoms with Crippen LogP contribution in [0.4, 0.5) is 4.79 Å². The Kier molecular flexibility index (Phi) is 18.2. The molecule has 3 saturated heterocycles. The largest absolute Gasteiger partial charge is 0.468 e. The summed E-state index contributed by atoms with van der Waals surface area (Å²) in [6.07, 6.45) is 2.09. The van der Waals surface area contributed by atoms with E-state index in [0.29, 0.717) is 51.6 Å². The quantitative estimate of drug-likeness (QED) is 0.250. The van der Waals surface area contributed by atoms with Gasteiger partial charge in [-0.2, -0.15) is 0 Å². The molecular formula is C39H64N6O12. The molecule has 6 amide bonds. The lowest BCUT2D eigenvalue weighted by Gasteiger charge is -2.32. The molecule has 18 heteroatoms. The number of ether oxygens (including phenoxy) is 4. The molecular weight excluding hydrogens is 744 g/mol. The molecule has 4 N–H and O–H groups in total. The first-order valence-electron chi connectivity index (χ1n) is 20.1. The average molecular weight is 809 g/mol. The number of Topliss-reactive ketones (excluding diaryl/α,β-unsaturated/α-hetero) is 1. The highest BCUT2D eigenvalue weighted by Gasteiger charge is 2.44. The van der Waals surface area contributed by atoms with E-state index in [9.17, 15) is 38.4 Å². The van der Waals surface area contributed by atoms with Gasteiger partial charge in [-0.1, -0.05) is 27.7 Å². The van der Waals surface area contributed by atoms with Crippen LogP contribution in [0.15, 0.2) is 0 Å². The van der Waals surface area contributed by atoms with E-state index in [2.05, 4.69) is 26.0 Å². The second-order valence-corrected chi connectivity index (χ2v) is 16.5. The van der Waals surface area contributed by atoms with Crippen LogP contribution in [0.3, 0.4) is 0 Å². The Labute approximate surface area is 335 Å². The smallest absolute Gasteiger partial charge is 0.410 e. The molecule has 322 valence electrons. The van der Waals surface area contributed by atoms with E-state index in [1.807, 2.05) is 0 Å². The van der Waals surface area contributed by atoms with Gasteiger partial charge in [0.05, 0.1) is 20.3 Å². The number of hydrogen-bond donors (Lipinski definition) is 4. The minimum Gasteiger partial charge on any atom is -0.468 e. The molecule has 0 radical (unpaired) electrons. The van der Waals surface area contributed by atoms with Crippen molar-refractivity contribution in [1.82, 2.24) is 31.1 Å². The van der Waals surface area contributed by atoms with E-state index in [1.54, 1.807) is 48.5 Å². The summed E-state index contributed by atoms with van der Waals surface area (Å²) in [6.45, 7) is 12.5. The summed E-state index contributed by atoms with van der Waals surface area (Å²) in [5.41, 5.74) is -0.743. The first-order chi connectivity index (χ1) is 26.8. The summed E-state index contributed by atoms with van der Waals surface area (Å²) in [5, 5.41) is 10.6. The first kappa shape index (κ1) is 47.1. The molecule has 0 aromatic carbocycles. The molecule has 0 spiro atoms. The molecule has 0 aliphatic carbocycles. The Morgan fingerprint density at radius 3 is 2.02 bits per heavy atom. The van der Waals surface area contributed by atoms with Crippen LogP contribution in [0.5, 0.6) is 0 Å². The Bertz CT molecular complexity index is 1450. The third kappa shape index (κ3) is 14.2. The van der Waals surface area contributed by atoms with E-state index in [0.717, 1.165) is 0 Å². The fraction of sp³-hybridized carbons (Fsp3) is 0.795. The van der Waals surface area contributed by atoms with Crippen LogP contribution >= 0.6 is 0 Å². The number of nitrogens with zero attached hydrogens (tertiary/aromatic N) is 2. The fourth-order valence-electron chi connectivity index (χ4n) is 6.94. The third-order valence-electron chi connectivity index (χ3n) is 10.2. The molecule has 0 aromatic rings. The van der Waals surface area contributed by atoms with Gasteiger partial charge in [-0.25, -0.2) is 4.79 Å². The zero-order valence-electron chi connectivity index (χ0n) is 34.8.